The summed E-state index contributed by atoms with van der Waals surface area (Å²) >= 11 is 5.88. The first-order valence-corrected chi connectivity index (χ1v) is 4.75. The Morgan fingerprint density at radius 3 is 2.87 bits per heavy atom. The Morgan fingerprint density at radius 2 is 2.20 bits per heavy atom. The standard InChI is InChI=1S/C11H8ClNO2/c1-6-4-7(12)5-9-8(11(14)15)2-3-13-10(6)9/h2-5H,1H3,(H,14,15). The molecule has 0 fully saturated rings. The highest BCUT2D eigenvalue weighted by Crippen LogP contribution is 2.24. The highest BCUT2D eigenvalue weighted by molar-refractivity contribution is 6.31. The van der Waals surface area contributed by atoms with Crippen LogP contribution in [0.3, 0.4) is 0 Å². The summed E-state index contributed by atoms with van der Waals surface area (Å²) in [4.78, 5) is 15.1. The molecule has 0 aliphatic heterocycles. The molecule has 0 atom stereocenters. The number of aryl methyl sites for hydroxylation is 1. The highest BCUT2D eigenvalue weighted by Gasteiger charge is 2.10. The van der Waals surface area contributed by atoms with Gasteiger partial charge in [0.1, 0.15) is 0 Å². The molecule has 76 valence electrons. The molecule has 1 N–H and O–H groups in total. The number of halogens is 1. The van der Waals surface area contributed by atoms with Crippen molar-refractivity contribution in [3.63, 3.8) is 0 Å². The summed E-state index contributed by atoms with van der Waals surface area (Å²) in [5.41, 5.74) is 1.78. The van der Waals surface area contributed by atoms with Gasteiger partial charge in [-0.15, -0.1) is 0 Å². The van der Waals surface area contributed by atoms with Gasteiger partial charge in [0.05, 0.1) is 11.1 Å². The monoisotopic (exact) mass is 221 g/mol. The van der Waals surface area contributed by atoms with E-state index in [0.717, 1.165) is 5.56 Å². The molecule has 1 aromatic carbocycles. The van der Waals surface area contributed by atoms with Crippen molar-refractivity contribution in [3.05, 3.63) is 40.5 Å². The maximum absolute atomic E-state index is 11.0. The topological polar surface area (TPSA) is 50.2 Å². The lowest BCUT2D eigenvalue weighted by atomic mass is 10.1. The van der Waals surface area contributed by atoms with Crippen LogP contribution in [0.4, 0.5) is 0 Å². The number of aromatic carboxylic acids is 1. The number of carboxylic acids is 1. The highest BCUT2D eigenvalue weighted by atomic mass is 35.5. The number of fused-ring (bicyclic) bond motifs is 1. The third-order valence-electron chi connectivity index (χ3n) is 2.23. The lowest BCUT2D eigenvalue weighted by molar-refractivity contribution is 0.0699. The maximum Gasteiger partial charge on any atom is 0.336 e. The average molecular weight is 222 g/mol. The fourth-order valence-electron chi connectivity index (χ4n) is 1.57. The molecule has 0 bridgehead atoms. The van der Waals surface area contributed by atoms with Crippen molar-refractivity contribution < 1.29 is 9.90 Å². The lowest BCUT2D eigenvalue weighted by Crippen LogP contribution is -1.99. The molecule has 1 aromatic heterocycles. The molecular weight excluding hydrogens is 214 g/mol. The van der Waals surface area contributed by atoms with Crippen LogP contribution in [0.15, 0.2) is 24.4 Å². The van der Waals surface area contributed by atoms with Crippen molar-refractivity contribution >= 4 is 28.5 Å². The van der Waals surface area contributed by atoms with Gasteiger partial charge in [-0.05, 0) is 30.7 Å². The Kier molecular flexibility index (Phi) is 2.32. The van der Waals surface area contributed by atoms with Crippen LogP contribution in [0.1, 0.15) is 15.9 Å². The zero-order valence-electron chi connectivity index (χ0n) is 7.99. The van der Waals surface area contributed by atoms with E-state index in [1.165, 1.54) is 12.3 Å². The number of carboxylic acid groups (broad SMARTS) is 1. The van der Waals surface area contributed by atoms with Crippen LogP contribution in [-0.2, 0) is 0 Å². The summed E-state index contributed by atoms with van der Waals surface area (Å²) in [6.07, 6.45) is 1.49. The number of carbonyl (C=O) groups is 1. The van der Waals surface area contributed by atoms with Gasteiger partial charge in [0, 0.05) is 16.6 Å². The summed E-state index contributed by atoms with van der Waals surface area (Å²) in [7, 11) is 0. The summed E-state index contributed by atoms with van der Waals surface area (Å²) in [5, 5.41) is 10.1. The molecule has 0 saturated heterocycles. The van der Waals surface area contributed by atoms with E-state index in [1.807, 2.05) is 6.92 Å². The van der Waals surface area contributed by atoms with Gasteiger partial charge in [0.2, 0.25) is 0 Å². The number of nitrogens with zero attached hydrogens (tertiary/aromatic N) is 1. The molecule has 2 rings (SSSR count). The molecule has 0 saturated carbocycles. The van der Waals surface area contributed by atoms with Crippen LogP contribution in [0.2, 0.25) is 5.02 Å². The largest absolute Gasteiger partial charge is 0.478 e. The summed E-state index contributed by atoms with van der Waals surface area (Å²) < 4.78 is 0. The quantitative estimate of drug-likeness (QED) is 0.806. The minimum absolute atomic E-state index is 0.227. The molecule has 4 heteroatoms. The zero-order valence-corrected chi connectivity index (χ0v) is 8.75. The van der Waals surface area contributed by atoms with Crippen LogP contribution in [0.5, 0.6) is 0 Å². The maximum atomic E-state index is 11.0. The van der Waals surface area contributed by atoms with Gasteiger partial charge in [-0.1, -0.05) is 11.6 Å². The van der Waals surface area contributed by atoms with E-state index in [9.17, 15) is 4.79 Å². The predicted molar refractivity (Wildman–Crippen MR) is 58.4 cm³/mol. The van der Waals surface area contributed by atoms with E-state index in [-0.39, 0.29) is 5.56 Å². The number of hydrogen-bond acceptors (Lipinski definition) is 2. The molecule has 2 aromatic rings. The Morgan fingerprint density at radius 1 is 1.47 bits per heavy atom. The molecule has 15 heavy (non-hydrogen) atoms. The van der Waals surface area contributed by atoms with Crippen molar-refractivity contribution in [3.8, 4) is 0 Å². The first-order valence-electron chi connectivity index (χ1n) is 4.38. The van der Waals surface area contributed by atoms with E-state index in [2.05, 4.69) is 4.98 Å². The van der Waals surface area contributed by atoms with Crippen molar-refractivity contribution in [2.45, 2.75) is 6.92 Å². The van der Waals surface area contributed by atoms with Gasteiger partial charge >= 0.3 is 5.97 Å². The molecule has 0 aliphatic rings. The van der Waals surface area contributed by atoms with Crippen molar-refractivity contribution in [2.75, 3.05) is 0 Å². The molecule has 0 amide bonds. The normalized spacial score (nSPS) is 10.5. The summed E-state index contributed by atoms with van der Waals surface area (Å²) in [6, 6.07) is 4.86. The number of rotatable bonds is 1. The minimum Gasteiger partial charge on any atom is -0.478 e. The number of hydrogen-bond donors (Lipinski definition) is 1. The SMILES string of the molecule is Cc1cc(Cl)cc2c(C(=O)O)ccnc12. The lowest BCUT2D eigenvalue weighted by Gasteiger charge is -2.04. The molecule has 0 spiro atoms. The van der Waals surface area contributed by atoms with E-state index < -0.39 is 5.97 Å². The number of benzene rings is 1. The molecule has 1 heterocycles. The first-order chi connectivity index (χ1) is 7.09. The molecule has 0 aliphatic carbocycles. The van der Waals surface area contributed by atoms with Crippen molar-refractivity contribution in [1.29, 1.82) is 0 Å². The van der Waals surface area contributed by atoms with Gasteiger partial charge in [-0.2, -0.15) is 0 Å². The van der Waals surface area contributed by atoms with Gasteiger partial charge in [0.15, 0.2) is 0 Å². The number of aromatic nitrogens is 1. The van der Waals surface area contributed by atoms with E-state index in [4.69, 9.17) is 16.7 Å². The second-order valence-electron chi connectivity index (χ2n) is 3.28. The second-order valence-corrected chi connectivity index (χ2v) is 3.72. The first kappa shape index (κ1) is 9.93. The Hall–Kier alpha value is -1.61. The van der Waals surface area contributed by atoms with Gasteiger partial charge in [-0.3, -0.25) is 4.98 Å². The molecular formula is C11H8ClNO2. The van der Waals surface area contributed by atoms with E-state index in [0.29, 0.717) is 15.9 Å². The van der Waals surface area contributed by atoms with Gasteiger partial charge in [0.25, 0.3) is 0 Å². The Labute approximate surface area is 91.3 Å². The summed E-state index contributed by atoms with van der Waals surface area (Å²) in [6.45, 7) is 1.85. The minimum atomic E-state index is -0.968. The van der Waals surface area contributed by atoms with Crippen LogP contribution < -0.4 is 0 Å². The second kappa shape index (κ2) is 3.51. The summed E-state index contributed by atoms with van der Waals surface area (Å²) in [5.74, 6) is -0.968. The third kappa shape index (κ3) is 1.66. The average Bonchev–Trinajstić information content (AvgIpc) is 2.16. The van der Waals surface area contributed by atoms with Crippen LogP contribution in [0, 0.1) is 6.92 Å². The fraction of sp³-hybridized carbons (Fsp3) is 0.0909. The van der Waals surface area contributed by atoms with Crippen molar-refractivity contribution in [1.82, 2.24) is 4.98 Å². The van der Waals surface area contributed by atoms with Crippen LogP contribution in [-0.4, -0.2) is 16.1 Å². The molecule has 3 nitrogen and oxygen atoms in total. The van der Waals surface area contributed by atoms with Gasteiger partial charge in [-0.25, -0.2) is 4.79 Å². The molecule has 0 unspecified atom stereocenters. The van der Waals surface area contributed by atoms with Crippen molar-refractivity contribution in [2.24, 2.45) is 0 Å². The number of pyridine rings is 1. The third-order valence-corrected chi connectivity index (χ3v) is 2.45. The van der Waals surface area contributed by atoms with E-state index >= 15 is 0 Å². The zero-order chi connectivity index (χ0) is 11.0. The Bertz CT molecular complexity index is 552. The predicted octanol–water partition coefficient (Wildman–Crippen LogP) is 2.89. The van der Waals surface area contributed by atoms with E-state index in [1.54, 1.807) is 12.1 Å². The van der Waals surface area contributed by atoms with Crippen LogP contribution in [0.25, 0.3) is 10.9 Å². The van der Waals surface area contributed by atoms with Gasteiger partial charge < -0.3 is 5.11 Å². The van der Waals surface area contributed by atoms with Crippen LogP contribution >= 0.6 is 11.6 Å². The smallest absolute Gasteiger partial charge is 0.336 e. The fourth-order valence-corrected chi connectivity index (χ4v) is 1.85. The molecule has 0 radical (unpaired) electrons. The Balaban J connectivity index is 2.91.